The van der Waals surface area contributed by atoms with Crippen molar-refractivity contribution >= 4 is 23.0 Å². The molecular weight excluding hydrogens is 394 g/mol. The van der Waals surface area contributed by atoms with Gasteiger partial charge in [-0.05, 0) is 6.07 Å². The molecule has 0 spiro atoms. The van der Waals surface area contributed by atoms with E-state index >= 15 is 0 Å². The zero-order valence-electron chi connectivity index (χ0n) is 15.2. The number of aromatic nitrogens is 2. The molecule has 2 heterocycles. The van der Waals surface area contributed by atoms with Gasteiger partial charge in [-0.3, -0.25) is 29.8 Å². The molecule has 1 atom stereocenters. The van der Waals surface area contributed by atoms with Crippen LogP contribution in [0.1, 0.15) is 23.5 Å². The number of H-pyrrole nitrogens is 1. The summed E-state index contributed by atoms with van der Waals surface area (Å²) in [5.74, 6) is -1.42. The lowest BCUT2D eigenvalue weighted by molar-refractivity contribution is -0.394. The predicted molar refractivity (Wildman–Crippen MR) is 105 cm³/mol. The second kappa shape index (κ2) is 7.20. The lowest BCUT2D eigenvalue weighted by atomic mass is 9.83. The van der Waals surface area contributed by atoms with E-state index in [9.17, 15) is 29.8 Å². The summed E-state index contributed by atoms with van der Waals surface area (Å²) in [6.07, 6.45) is -0.229. The number of nitro benzene ring substituents is 2. The van der Waals surface area contributed by atoms with Crippen molar-refractivity contribution in [3.8, 4) is 11.3 Å². The summed E-state index contributed by atoms with van der Waals surface area (Å²) in [7, 11) is 0. The number of rotatable bonds is 4. The first-order valence-corrected chi connectivity index (χ1v) is 8.77. The van der Waals surface area contributed by atoms with Crippen LogP contribution in [0.15, 0.2) is 53.3 Å². The number of hydrogen-bond donors (Lipinski definition) is 2. The van der Waals surface area contributed by atoms with E-state index in [-0.39, 0.29) is 23.2 Å². The largest absolute Gasteiger partial charge is 0.324 e. The van der Waals surface area contributed by atoms with Crippen molar-refractivity contribution in [2.75, 3.05) is 5.32 Å². The van der Waals surface area contributed by atoms with E-state index in [2.05, 4.69) is 15.5 Å². The van der Waals surface area contributed by atoms with Crippen molar-refractivity contribution < 1.29 is 14.6 Å². The number of benzene rings is 2. The minimum Gasteiger partial charge on any atom is -0.324 e. The molecule has 1 amide bonds. The molecule has 150 valence electrons. The molecule has 4 rings (SSSR count). The molecule has 2 N–H and O–H groups in total. The first kappa shape index (κ1) is 18.9. The molecule has 0 fully saturated rings. The molecule has 1 aliphatic heterocycles. The average molecular weight is 407 g/mol. The Morgan fingerprint density at radius 2 is 1.73 bits per heavy atom. The van der Waals surface area contributed by atoms with Gasteiger partial charge < -0.3 is 5.32 Å². The van der Waals surface area contributed by atoms with Crippen LogP contribution >= 0.6 is 0 Å². The summed E-state index contributed by atoms with van der Waals surface area (Å²) in [5.41, 5.74) is -0.345. The minimum atomic E-state index is -0.968. The van der Waals surface area contributed by atoms with Gasteiger partial charge in [-0.25, -0.2) is 5.10 Å². The Morgan fingerprint density at radius 1 is 1.00 bits per heavy atom. The maximum absolute atomic E-state index is 12.6. The highest BCUT2D eigenvalue weighted by Crippen LogP contribution is 2.42. The van der Waals surface area contributed by atoms with Crippen LogP contribution in [0.5, 0.6) is 0 Å². The Morgan fingerprint density at radius 3 is 2.40 bits per heavy atom. The van der Waals surface area contributed by atoms with Gasteiger partial charge >= 0.3 is 0 Å². The van der Waals surface area contributed by atoms with Gasteiger partial charge in [0.05, 0.1) is 27.2 Å². The van der Waals surface area contributed by atoms with E-state index in [1.807, 2.05) is 0 Å². The molecule has 0 bridgehead atoms. The Hall–Kier alpha value is -4.41. The molecule has 11 heteroatoms. The maximum atomic E-state index is 12.6. The minimum absolute atomic E-state index is 0.0393. The molecule has 0 radical (unpaired) electrons. The van der Waals surface area contributed by atoms with Crippen molar-refractivity contribution in [3.05, 3.63) is 90.2 Å². The topological polar surface area (TPSA) is 161 Å². The number of carbonyl (C=O) groups is 1. The molecule has 0 saturated heterocycles. The molecular formula is C19H13N5O6. The molecule has 3 aromatic rings. The monoisotopic (exact) mass is 407 g/mol. The molecule has 11 nitrogen and oxygen atoms in total. The van der Waals surface area contributed by atoms with Gasteiger partial charge in [0.2, 0.25) is 5.91 Å². The SMILES string of the molecule is O=C1CC(c2ccc([N+](=O)[O-])cc2[N+](=O)[O-])c2c(c(-c3ccccc3)n[nH]c2=O)N1. The van der Waals surface area contributed by atoms with E-state index in [0.29, 0.717) is 11.3 Å². The lowest BCUT2D eigenvalue weighted by Gasteiger charge is -2.26. The predicted octanol–water partition coefficient (Wildman–Crippen LogP) is 2.73. The summed E-state index contributed by atoms with van der Waals surface area (Å²) in [6.45, 7) is 0. The number of amides is 1. The smallest absolute Gasteiger partial charge is 0.280 e. The van der Waals surface area contributed by atoms with Crippen molar-refractivity contribution in [1.82, 2.24) is 10.2 Å². The van der Waals surface area contributed by atoms with Crippen LogP contribution in [0.2, 0.25) is 0 Å². The number of nitrogens with one attached hydrogen (secondary N) is 2. The van der Waals surface area contributed by atoms with Crippen molar-refractivity contribution in [2.45, 2.75) is 12.3 Å². The number of aromatic amines is 1. The van der Waals surface area contributed by atoms with Gasteiger partial charge in [-0.1, -0.05) is 30.3 Å². The molecule has 1 unspecified atom stereocenters. The van der Waals surface area contributed by atoms with Crippen LogP contribution in [0.4, 0.5) is 17.1 Å². The second-order valence-electron chi connectivity index (χ2n) is 6.62. The van der Waals surface area contributed by atoms with Crippen molar-refractivity contribution in [1.29, 1.82) is 0 Å². The van der Waals surface area contributed by atoms with Gasteiger partial charge in [0.1, 0.15) is 5.69 Å². The Balaban J connectivity index is 1.96. The summed E-state index contributed by atoms with van der Waals surface area (Å²) in [5, 5.41) is 31.7. The van der Waals surface area contributed by atoms with Gasteiger partial charge in [0, 0.05) is 29.5 Å². The number of carbonyl (C=O) groups excluding carboxylic acids is 1. The van der Waals surface area contributed by atoms with E-state index in [1.54, 1.807) is 30.3 Å². The lowest BCUT2D eigenvalue weighted by Crippen LogP contribution is -2.31. The fourth-order valence-corrected chi connectivity index (χ4v) is 3.57. The number of nitrogens with zero attached hydrogens (tertiary/aromatic N) is 3. The van der Waals surface area contributed by atoms with E-state index in [0.717, 1.165) is 12.1 Å². The van der Waals surface area contributed by atoms with Crippen molar-refractivity contribution in [2.24, 2.45) is 0 Å². The van der Waals surface area contributed by atoms with Gasteiger partial charge in [-0.2, -0.15) is 5.10 Å². The van der Waals surface area contributed by atoms with Crippen molar-refractivity contribution in [3.63, 3.8) is 0 Å². The van der Waals surface area contributed by atoms with Crippen LogP contribution in [0.25, 0.3) is 11.3 Å². The van der Waals surface area contributed by atoms with Crippen LogP contribution in [-0.4, -0.2) is 26.0 Å². The quantitative estimate of drug-likeness (QED) is 0.496. The van der Waals surface area contributed by atoms with E-state index in [1.165, 1.54) is 6.07 Å². The zero-order chi connectivity index (χ0) is 21.4. The zero-order valence-corrected chi connectivity index (χ0v) is 15.2. The van der Waals surface area contributed by atoms with E-state index in [4.69, 9.17) is 0 Å². The number of hydrogen-bond acceptors (Lipinski definition) is 7. The standard InChI is InChI=1S/C19H13N5O6/c25-15-9-13(12-7-6-11(23(27)28)8-14(12)24(29)30)16-18(20-15)17(21-22-19(16)26)10-4-2-1-3-5-10/h1-8,13H,9H2,(H,20,25)(H,22,26). The third-order valence-corrected chi connectivity index (χ3v) is 4.87. The number of non-ortho nitro benzene ring substituents is 1. The Labute approximate surface area is 167 Å². The second-order valence-corrected chi connectivity index (χ2v) is 6.62. The number of fused-ring (bicyclic) bond motifs is 1. The molecule has 30 heavy (non-hydrogen) atoms. The molecule has 2 aromatic carbocycles. The molecule has 1 aromatic heterocycles. The summed E-state index contributed by atoms with van der Waals surface area (Å²) in [6, 6.07) is 12.0. The highest BCUT2D eigenvalue weighted by atomic mass is 16.6. The van der Waals surface area contributed by atoms with Gasteiger partial charge in [-0.15, -0.1) is 0 Å². The maximum Gasteiger partial charge on any atom is 0.280 e. The Kier molecular flexibility index (Phi) is 4.54. The number of anilines is 1. The van der Waals surface area contributed by atoms with Crippen LogP contribution in [-0.2, 0) is 4.79 Å². The van der Waals surface area contributed by atoms with Gasteiger partial charge in [0.15, 0.2) is 0 Å². The average Bonchev–Trinajstić information content (AvgIpc) is 2.73. The third kappa shape index (κ3) is 3.17. The summed E-state index contributed by atoms with van der Waals surface area (Å²) >= 11 is 0. The van der Waals surface area contributed by atoms with Gasteiger partial charge in [0.25, 0.3) is 16.9 Å². The summed E-state index contributed by atoms with van der Waals surface area (Å²) in [4.78, 5) is 46.2. The fourth-order valence-electron chi connectivity index (χ4n) is 3.57. The molecule has 1 aliphatic rings. The highest BCUT2D eigenvalue weighted by Gasteiger charge is 2.36. The summed E-state index contributed by atoms with van der Waals surface area (Å²) < 4.78 is 0. The third-order valence-electron chi connectivity index (χ3n) is 4.87. The van der Waals surface area contributed by atoms with Crippen LogP contribution in [0.3, 0.4) is 0 Å². The van der Waals surface area contributed by atoms with E-state index < -0.39 is 38.6 Å². The molecule has 0 aliphatic carbocycles. The fraction of sp³-hybridized carbons (Fsp3) is 0.105. The number of nitro groups is 2. The Bertz CT molecular complexity index is 1250. The first-order chi connectivity index (χ1) is 14.4. The van der Waals surface area contributed by atoms with Crippen LogP contribution in [0, 0.1) is 20.2 Å². The highest BCUT2D eigenvalue weighted by molar-refractivity contribution is 5.99. The normalized spacial score (nSPS) is 15.2. The molecule has 0 saturated carbocycles. The first-order valence-electron chi connectivity index (χ1n) is 8.77. The van der Waals surface area contributed by atoms with Crippen LogP contribution < -0.4 is 10.9 Å².